The zero-order valence-corrected chi connectivity index (χ0v) is 22.9. The number of halogens is 2. The average Bonchev–Trinajstić information content (AvgIpc) is 3.25. The normalized spacial score (nSPS) is 28.6. The minimum absolute atomic E-state index is 0. The summed E-state index contributed by atoms with van der Waals surface area (Å²) >= 11 is 1.74. The van der Waals surface area contributed by atoms with Crippen molar-refractivity contribution in [2.24, 2.45) is 23.7 Å². The Kier molecular flexibility index (Phi) is 15.8. The van der Waals surface area contributed by atoms with Crippen molar-refractivity contribution in [2.45, 2.75) is 71.9 Å². The molecule has 4 aliphatic carbocycles. The Bertz CT molecular complexity index is 569. The quantitative estimate of drug-likeness (QED) is 0.382. The fraction of sp³-hybridized carbons (Fsp3) is 0.625. The van der Waals surface area contributed by atoms with Gasteiger partial charge in [-0.1, -0.05) is 76.5 Å². The minimum Gasteiger partial charge on any atom is -1.00 e. The van der Waals surface area contributed by atoms with Gasteiger partial charge in [-0.25, -0.2) is 5.57 Å². The van der Waals surface area contributed by atoms with Gasteiger partial charge in [-0.05, 0) is 5.92 Å². The zero-order valence-electron chi connectivity index (χ0n) is 18.0. The molecule has 2 fully saturated rings. The molecule has 0 nitrogen and oxygen atoms in total. The van der Waals surface area contributed by atoms with Crippen LogP contribution in [0.1, 0.15) is 58.8 Å². The molecule has 0 heterocycles. The molecule has 2 saturated carbocycles. The Labute approximate surface area is 202 Å². The Balaban J connectivity index is 0.000000432. The van der Waals surface area contributed by atoms with Crippen LogP contribution in [0, 0.1) is 36.2 Å². The molecule has 0 radical (unpaired) electrons. The van der Waals surface area contributed by atoms with Crippen LogP contribution in [0.15, 0.2) is 41.5 Å². The van der Waals surface area contributed by atoms with E-state index >= 15 is 0 Å². The molecule has 0 aromatic carbocycles. The topological polar surface area (TPSA) is 0 Å². The average molecular weight is 515 g/mol. The van der Waals surface area contributed by atoms with Crippen molar-refractivity contribution in [1.29, 1.82) is 0 Å². The van der Waals surface area contributed by atoms with Crippen LogP contribution in [0.2, 0.25) is 13.1 Å². The minimum atomic E-state index is 0. The first-order valence-corrected chi connectivity index (χ1v) is 16.8. The van der Waals surface area contributed by atoms with Gasteiger partial charge in [0.2, 0.25) is 0 Å². The van der Waals surface area contributed by atoms with E-state index in [1.807, 2.05) is 0 Å². The third kappa shape index (κ3) is 8.79. The Morgan fingerprint density at radius 2 is 1.71 bits per heavy atom. The van der Waals surface area contributed by atoms with Crippen LogP contribution in [0.5, 0.6) is 0 Å². The van der Waals surface area contributed by atoms with Gasteiger partial charge in [0.05, 0.1) is 0 Å². The van der Waals surface area contributed by atoms with Crippen molar-refractivity contribution in [3.05, 3.63) is 54.0 Å². The molecule has 4 rings (SSSR count). The third-order valence-electron chi connectivity index (χ3n) is 5.85. The van der Waals surface area contributed by atoms with E-state index in [0.29, 0.717) is 0 Å². The van der Waals surface area contributed by atoms with Gasteiger partial charge in [-0.15, -0.1) is 18.4 Å². The standard InChI is InChI=1S/C13H17.C9H13.C2H6Si.2ClH.Zr/c1-3-7-12-10(5-1)9-11-6-2-4-8-13(11)12;1-3-8-6-5-7-9(8)4-2;1-3-2;;;/h1,3,5,7,9-13H,2,4,6,8H2;6H,3-5H2,1-2H3;1-2H3;2*1H;/q2*-1;;;;+2/p-2. The second kappa shape index (κ2) is 15.4. The summed E-state index contributed by atoms with van der Waals surface area (Å²) in [6.07, 6.45) is 26.8. The van der Waals surface area contributed by atoms with Crippen LogP contribution >= 0.6 is 0 Å². The molecule has 0 spiro atoms. The van der Waals surface area contributed by atoms with Gasteiger partial charge in [0, 0.05) is 0 Å². The van der Waals surface area contributed by atoms with E-state index in [0.717, 1.165) is 36.5 Å². The van der Waals surface area contributed by atoms with Gasteiger partial charge in [0.25, 0.3) is 0 Å². The van der Waals surface area contributed by atoms with E-state index in [4.69, 9.17) is 0 Å². The van der Waals surface area contributed by atoms with Crippen LogP contribution in [0.3, 0.4) is 0 Å². The molecule has 0 aromatic rings. The van der Waals surface area contributed by atoms with Crippen molar-refractivity contribution >= 4 is 5.43 Å². The van der Waals surface area contributed by atoms with Gasteiger partial charge in [0.15, 0.2) is 0 Å². The molecule has 28 heavy (non-hydrogen) atoms. The summed E-state index contributed by atoms with van der Waals surface area (Å²) in [6.45, 7) is 9.01. The van der Waals surface area contributed by atoms with Crippen molar-refractivity contribution in [1.82, 2.24) is 0 Å². The summed E-state index contributed by atoms with van der Waals surface area (Å²) in [6, 6.07) is 0. The molecular formula is C24H36Cl2SiZr-2. The summed E-state index contributed by atoms with van der Waals surface area (Å²) in [7, 11) is 0. The maximum absolute atomic E-state index is 3.33. The fourth-order valence-corrected chi connectivity index (χ4v) is 4.70. The second-order valence-corrected chi connectivity index (χ2v) is 17.4. The molecule has 4 aliphatic rings. The van der Waals surface area contributed by atoms with Crippen LogP contribution in [0.25, 0.3) is 0 Å². The largest absolute Gasteiger partial charge is 1.00 e. The third-order valence-corrected chi connectivity index (χ3v) is 5.85. The van der Waals surface area contributed by atoms with Gasteiger partial charge in [-0.2, -0.15) is 17.6 Å². The van der Waals surface area contributed by atoms with Crippen LogP contribution in [-0.4, -0.2) is 5.43 Å². The first-order valence-electron chi connectivity index (χ1n) is 10.6. The van der Waals surface area contributed by atoms with Crippen LogP contribution in [-0.2, 0) is 23.3 Å². The molecule has 0 aromatic heterocycles. The van der Waals surface area contributed by atoms with E-state index in [2.05, 4.69) is 69.8 Å². The predicted molar refractivity (Wildman–Crippen MR) is 113 cm³/mol. The van der Waals surface area contributed by atoms with Crippen molar-refractivity contribution in [3.8, 4) is 0 Å². The zero-order chi connectivity index (χ0) is 18.9. The van der Waals surface area contributed by atoms with Gasteiger partial charge >= 0.3 is 41.9 Å². The van der Waals surface area contributed by atoms with E-state index in [1.165, 1.54) is 43.3 Å². The maximum atomic E-state index is 3.33. The molecule has 0 amide bonds. The fourth-order valence-electron chi connectivity index (χ4n) is 4.70. The Hall–Kier alpha value is 0.640. The monoisotopic (exact) mass is 512 g/mol. The Morgan fingerprint density at radius 3 is 2.32 bits per heavy atom. The second-order valence-electron chi connectivity index (χ2n) is 8.03. The molecule has 4 atom stereocenters. The predicted octanol–water partition coefficient (Wildman–Crippen LogP) is 1.03. The van der Waals surface area contributed by atoms with Crippen LogP contribution in [0.4, 0.5) is 0 Å². The van der Waals surface area contributed by atoms with Crippen molar-refractivity contribution in [3.63, 3.8) is 0 Å². The first-order chi connectivity index (χ1) is 12.6. The van der Waals surface area contributed by atoms with E-state index in [1.54, 1.807) is 23.3 Å². The molecule has 0 bridgehead atoms. The summed E-state index contributed by atoms with van der Waals surface area (Å²) in [5, 5.41) is 0. The smallest absolute Gasteiger partial charge is 1.00 e. The summed E-state index contributed by atoms with van der Waals surface area (Å²) in [4.78, 5) is 0. The molecule has 0 saturated heterocycles. The molecule has 0 N–H and O–H groups in total. The van der Waals surface area contributed by atoms with Crippen molar-refractivity contribution in [2.75, 3.05) is 0 Å². The Morgan fingerprint density at radius 1 is 1.07 bits per heavy atom. The first kappa shape index (κ1) is 28.6. The summed E-state index contributed by atoms with van der Waals surface area (Å²) in [5.41, 5.74) is 3.16. The van der Waals surface area contributed by atoms with Crippen molar-refractivity contribution < 1.29 is 48.1 Å². The number of allylic oxidation sites excluding steroid dienone is 8. The van der Waals surface area contributed by atoms with Gasteiger partial charge in [-0.3, -0.25) is 6.08 Å². The van der Waals surface area contributed by atoms with Gasteiger partial charge < -0.3 is 31.2 Å². The van der Waals surface area contributed by atoms with E-state index in [-0.39, 0.29) is 30.2 Å². The molecule has 156 valence electrons. The molecule has 4 heteroatoms. The number of rotatable bonds is 2. The summed E-state index contributed by atoms with van der Waals surface area (Å²) < 4.78 is 0. The molecule has 4 unspecified atom stereocenters. The molecular weight excluding hydrogens is 478 g/mol. The number of hydrogen-bond acceptors (Lipinski definition) is 0. The van der Waals surface area contributed by atoms with Crippen LogP contribution < -0.4 is 24.8 Å². The van der Waals surface area contributed by atoms with E-state index < -0.39 is 0 Å². The number of fused-ring (bicyclic) bond motifs is 3. The SMILES string of the molecule is C1=CC2[CH-]C3CCCCC3C2C=C1.CCC1=[C-]CC=C1CC.C[Si](C)=[Zr+2].[Cl-].[Cl-]. The van der Waals surface area contributed by atoms with E-state index in [9.17, 15) is 0 Å². The maximum Gasteiger partial charge on any atom is -1.00 e. The molecule has 0 aliphatic heterocycles. The number of hydrogen-bond donors (Lipinski definition) is 0. The summed E-state index contributed by atoms with van der Waals surface area (Å²) in [5.74, 6) is 3.56. The van der Waals surface area contributed by atoms with Gasteiger partial charge in [0.1, 0.15) is 0 Å².